The molecule has 0 fully saturated rings. The lowest BCUT2D eigenvalue weighted by Crippen LogP contribution is -2.15. The van der Waals surface area contributed by atoms with Crippen LogP contribution in [-0.2, 0) is 11.2 Å². The van der Waals surface area contributed by atoms with Crippen molar-refractivity contribution < 1.29 is 9.53 Å². The summed E-state index contributed by atoms with van der Waals surface area (Å²) in [7, 11) is 0. The van der Waals surface area contributed by atoms with Crippen LogP contribution in [0.1, 0.15) is 18.1 Å². The third-order valence-electron chi connectivity index (χ3n) is 2.96. The molecular formula is C17H18BrNO2. The predicted molar refractivity (Wildman–Crippen MR) is 88.8 cm³/mol. The van der Waals surface area contributed by atoms with E-state index in [4.69, 9.17) is 4.74 Å². The maximum atomic E-state index is 12.2. The minimum Gasteiger partial charge on any atom is -0.492 e. The molecule has 0 aromatic heterocycles. The third-order valence-corrected chi connectivity index (χ3v) is 3.46. The molecule has 21 heavy (non-hydrogen) atoms. The molecule has 2 aromatic carbocycles. The van der Waals surface area contributed by atoms with E-state index in [1.165, 1.54) is 0 Å². The largest absolute Gasteiger partial charge is 0.492 e. The van der Waals surface area contributed by atoms with Crippen LogP contribution in [0.3, 0.4) is 0 Å². The maximum Gasteiger partial charge on any atom is 0.228 e. The molecule has 0 bridgehead atoms. The van der Waals surface area contributed by atoms with Crippen molar-refractivity contribution in [2.45, 2.75) is 20.3 Å². The van der Waals surface area contributed by atoms with Gasteiger partial charge in [-0.2, -0.15) is 0 Å². The highest BCUT2D eigenvalue weighted by Crippen LogP contribution is 2.28. The quantitative estimate of drug-likeness (QED) is 0.873. The van der Waals surface area contributed by atoms with E-state index in [1.807, 2.05) is 56.3 Å². The van der Waals surface area contributed by atoms with E-state index in [-0.39, 0.29) is 5.91 Å². The van der Waals surface area contributed by atoms with Crippen molar-refractivity contribution in [1.82, 2.24) is 0 Å². The molecule has 0 heterocycles. The zero-order valence-corrected chi connectivity index (χ0v) is 13.7. The number of carbonyl (C=O) groups excluding carboxylic acids is 1. The van der Waals surface area contributed by atoms with Crippen LogP contribution in [0.15, 0.2) is 46.9 Å². The van der Waals surface area contributed by atoms with E-state index in [1.54, 1.807) is 0 Å². The van der Waals surface area contributed by atoms with Gasteiger partial charge in [0.1, 0.15) is 5.75 Å². The molecule has 0 saturated heterocycles. The normalized spacial score (nSPS) is 10.2. The van der Waals surface area contributed by atoms with E-state index >= 15 is 0 Å². The Labute approximate surface area is 133 Å². The first-order chi connectivity index (χ1) is 10.1. The highest BCUT2D eigenvalue weighted by Gasteiger charge is 2.09. The van der Waals surface area contributed by atoms with E-state index in [2.05, 4.69) is 21.2 Å². The van der Waals surface area contributed by atoms with Gasteiger partial charge in [-0.3, -0.25) is 4.79 Å². The van der Waals surface area contributed by atoms with Crippen LogP contribution < -0.4 is 10.1 Å². The molecule has 1 amide bonds. The summed E-state index contributed by atoms with van der Waals surface area (Å²) < 4.78 is 6.43. The van der Waals surface area contributed by atoms with Crippen LogP contribution in [0.2, 0.25) is 0 Å². The summed E-state index contributed by atoms with van der Waals surface area (Å²) in [5.41, 5.74) is 2.84. The first kappa shape index (κ1) is 15.6. The fourth-order valence-electron chi connectivity index (χ4n) is 2.08. The number of carbonyl (C=O) groups is 1. The Morgan fingerprint density at radius 1 is 1.24 bits per heavy atom. The minimum absolute atomic E-state index is 0.0559. The highest BCUT2D eigenvalue weighted by atomic mass is 79.9. The number of anilines is 1. The van der Waals surface area contributed by atoms with Gasteiger partial charge >= 0.3 is 0 Å². The third kappa shape index (κ3) is 4.60. The van der Waals surface area contributed by atoms with Crippen LogP contribution >= 0.6 is 15.9 Å². The van der Waals surface area contributed by atoms with Gasteiger partial charge in [0.15, 0.2) is 0 Å². The van der Waals surface area contributed by atoms with Gasteiger partial charge in [0.05, 0.1) is 18.7 Å². The molecule has 4 heteroatoms. The molecule has 2 aromatic rings. The van der Waals surface area contributed by atoms with Gasteiger partial charge in [-0.05, 0) is 37.6 Å². The van der Waals surface area contributed by atoms with Gasteiger partial charge in [0.25, 0.3) is 0 Å². The Morgan fingerprint density at radius 3 is 2.76 bits per heavy atom. The number of ether oxygens (including phenoxy) is 1. The summed E-state index contributed by atoms with van der Waals surface area (Å²) in [6.45, 7) is 4.49. The highest BCUT2D eigenvalue weighted by molar-refractivity contribution is 9.10. The standard InChI is InChI=1S/C17H18BrNO2/c1-3-21-16-8-7-14(18)11-15(16)19-17(20)10-13-6-4-5-12(2)9-13/h4-9,11H,3,10H2,1-2H3,(H,19,20). The number of amides is 1. The van der Waals surface area contributed by atoms with Crippen LogP contribution in [0.5, 0.6) is 5.75 Å². The van der Waals surface area contributed by atoms with E-state index in [9.17, 15) is 4.79 Å². The van der Waals surface area contributed by atoms with Gasteiger partial charge in [0, 0.05) is 4.47 Å². The molecule has 0 spiro atoms. The Kier molecular flexibility index (Phi) is 5.39. The van der Waals surface area contributed by atoms with Crippen LogP contribution in [-0.4, -0.2) is 12.5 Å². The molecule has 0 aliphatic heterocycles. The molecular weight excluding hydrogens is 330 g/mol. The first-order valence-corrected chi connectivity index (χ1v) is 7.65. The zero-order valence-electron chi connectivity index (χ0n) is 12.2. The van der Waals surface area contributed by atoms with Gasteiger partial charge < -0.3 is 10.1 Å². The van der Waals surface area contributed by atoms with Crippen molar-refractivity contribution in [1.29, 1.82) is 0 Å². The van der Waals surface area contributed by atoms with E-state index < -0.39 is 0 Å². The average Bonchev–Trinajstić information content (AvgIpc) is 2.42. The zero-order chi connectivity index (χ0) is 15.2. The van der Waals surface area contributed by atoms with Crippen molar-refractivity contribution in [3.8, 4) is 5.75 Å². The minimum atomic E-state index is -0.0559. The monoisotopic (exact) mass is 347 g/mol. The van der Waals surface area contributed by atoms with Crippen molar-refractivity contribution >= 4 is 27.5 Å². The Morgan fingerprint density at radius 2 is 2.05 bits per heavy atom. The average molecular weight is 348 g/mol. The molecule has 0 unspecified atom stereocenters. The summed E-state index contributed by atoms with van der Waals surface area (Å²) in [6.07, 6.45) is 0.347. The second kappa shape index (κ2) is 7.27. The fourth-order valence-corrected chi connectivity index (χ4v) is 2.44. The second-order valence-electron chi connectivity index (χ2n) is 4.79. The lowest BCUT2D eigenvalue weighted by atomic mass is 10.1. The number of hydrogen-bond acceptors (Lipinski definition) is 2. The SMILES string of the molecule is CCOc1ccc(Br)cc1NC(=O)Cc1cccc(C)c1. The summed E-state index contributed by atoms with van der Waals surface area (Å²) in [4.78, 5) is 12.2. The molecule has 2 rings (SSSR count). The summed E-state index contributed by atoms with van der Waals surface area (Å²) in [6, 6.07) is 13.5. The molecule has 3 nitrogen and oxygen atoms in total. The molecule has 0 aliphatic carbocycles. The summed E-state index contributed by atoms with van der Waals surface area (Å²) in [5, 5.41) is 2.91. The molecule has 0 aliphatic rings. The molecule has 0 atom stereocenters. The number of benzene rings is 2. The smallest absolute Gasteiger partial charge is 0.228 e. The summed E-state index contributed by atoms with van der Waals surface area (Å²) in [5.74, 6) is 0.623. The molecule has 110 valence electrons. The Bertz CT molecular complexity index is 640. The lowest BCUT2D eigenvalue weighted by Gasteiger charge is -2.12. The second-order valence-corrected chi connectivity index (χ2v) is 5.70. The van der Waals surface area contributed by atoms with Crippen molar-refractivity contribution in [2.75, 3.05) is 11.9 Å². The number of halogens is 1. The van der Waals surface area contributed by atoms with Crippen LogP contribution in [0.4, 0.5) is 5.69 Å². The van der Waals surface area contributed by atoms with Gasteiger partial charge in [0.2, 0.25) is 5.91 Å². The number of aryl methyl sites for hydroxylation is 1. The lowest BCUT2D eigenvalue weighted by molar-refractivity contribution is -0.115. The summed E-state index contributed by atoms with van der Waals surface area (Å²) >= 11 is 3.41. The number of hydrogen-bond donors (Lipinski definition) is 1. The predicted octanol–water partition coefficient (Wildman–Crippen LogP) is 4.34. The molecule has 0 saturated carbocycles. The Balaban J connectivity index is 2.10. The van der Waals surface area contributed by atoms with Crippen molar-refractivity contribution in [3.63, 3.8) is 0 Å². The van der Waals surface area contributed by atoms with Crippen LogP contribution in [0.25, 0.3) is 0 Å². The molecule has 0 radical (unpaired) electrons. The number of rotatable bonds is 5. The van der Waals surface area contributed by atoms with Crippen molar-refractivity contribution in [2.24, 2.45) is 0 Å². The number of nitrogens with one attached hydrogen (secondary N) is 1. The van der Waals surface area contributed by atoms with Gasteiger partial charge in [-0.1, -0.05) is 45.8 Å². The van der Waals surface area contributed by atoms with Crippen molar-refractivity contribution in [3.05, 3.63) is 58.1 Å². The Hall–Kier alpha value is -1.81. The van der Waals surface area contributed by atoms with Gasteiger partial charge in [-0.25, -0.2) is 0 Å². The topological polar surface area (TPSA) is 38.3 Å². The van der Waals surface area contributed by atoms with E-state index in [0.29, 0.717) is 24.5 Å². The van der Waals surface area contributed by atoms with Crippen LogP contribution in [0, 0.1) is 6.92 Å². The van der Waals surface area contributed by atoms with Gasteiger partial charge in [-0.15, -0.1) is 0 Å². The first-order valence-electron chi connectivity index (χ1n) is 6.86. The van der Waals surface area contributed by atoms with E-state index in [0.717, 1.165) is 15.6 Å². The fraction of sp³-hybridized carbons (Fsp3) is 0.235. The maximum absolute atomic E-state index is 12.2. The molecule has 1 N–H and O–H groups in total.